The van der Waals surface area contributed by atoms with Crippen molar-refractivity contribution in [3.63, 3.8) is 0 Å². The summed E-state index contributed by atoms with van der Waals surface area (Å²) in [5.74, 6) is 0.987. The lowest BCUT2D eigenvalue weighted by molar-refractivity contribution is -0.141. The Labute approximate surface area is 149 Å². The van der Waals surface area contributed by atoms with Crippen LogP contribution in [0.4, 0.5) is 23.8 Å². The number of fused-ring (bicyclic) bond motifs is 1. The van der Waals surface area contributed by atoms with Gasteiger partial charge in [-0.3, -0.25) is 5.32 Å². The second-order valence-corrected chi connectivity index (χ2v) is 6.57. The zero-order chi connectivity index (χ0) is 18.9. The van der Waals surface area contributed by atoms with Crippen molar-refractivity contribution < 1.29 is 18.0 Å². The van der Waals surface area contributed by atoms with Gasteiger partial charge >= 0.3 is 12.2 Å². The van der Waals surface area contributed by atoms with E-state index in [-0.39, 0.29) is 11.9 Å². The number of rotatable bonds is 3. The van der Waals surface area contributed by atoms with E-state index in [1.54, 1.807) is 23.7 Å². The van der Waals surface area contributed by atoms with Gasteiger partial charge < -0.3 is 9.47 Å². The summed E-state index contributed by atoms with van der Waals surface area (Å²) in [7, 11) is 1.66. The molecular weight excluding hydrogens is 347 g/mol. The predicted molar refractivity (Wildman–Crippen MR) is 89.7 cm³/mol. The van der Waals surface area contributed by atoms with Crippen LogP contribution >= 0.6 is 0 Å². The molecule has 6 nitrogen and oxygen atoms in total. The van der Waals surface area contributed by atoms with Crippen LogP contribution in [0.2, 0.25) is 0 Å². The van der Waals surface area contributed by atoms with Crippen LogP contribution in [0.15, 0.2) is 24.4 Å². The van der Waals surface area contributed by atoms with Gasteiger partial charge in [0.2, 0.25) is 0 Å². The molecule has 0 aliphatic carbocycles. The Kier molecular flexibility index (Phi) is 4.88. The van der Waals surface area contributed by atoms with E-state index < -0.39 is 11.9 Å². The molecule has 1 aliphatic rings. The summed E-state index contributed by atoms with van der Waals surface area (Å²) in [5, 5.41) is 2.72. The molecule has 0 bridgehead atoms. The molecule has 0 spiro atoms. The number of imidazole rings is 1. The first-order chi connectivity index (χ1) is 12.2. The Hall–Kier alpha value is -2.58. The highest BCUT2D eigenvalue weighted by molar-refractivity contribution is 5.88. The third kappa shape index (κ3) is 4.14. The Morgan fingerprint density at radius 3 is 2.85 bits per heavy atom. The average Bonchev–Trinajstić information content (AvgIpc) is 2.98. The predicted octanol–water partition coefficient (Wildman–Crippen LogP) is 3.33. The van der Waals surface area contributed by atoms with Gasteiger partial charge in [-0.05, 0) is 31.4 Å². The Morgan fingerprint density at radius 2 is 2.15 bits per heavy atom. The molecule has 1 N–H and O–H groups in total. The fourth-order valence-electron chi connectivity index (χ4n) is 3.09. The van der Waals surface area contributed by atoms with Gasteiger partial charge in [-0.1, -0.05) is 6.07 Å². The van der Waals surface area contributed by atoms with Crippen LogP contribution in [0, 0.1) is 12.8 Å². The average molecular weight is 367 g/mol. The molecule has 3 rings (SSSR count). The Balaban J connectivity index is 1.59. The maximum absolute atomic E-state index is 12.8. The molecule has 0 unspecified atom stereocenters. The van der Waals surface area contributed by atoms with Crippen molar-refractivity contribution in [2.75, 3.05) is 18.9 Å². The van der Waals surface area contributed by atoms with Crippen LogP contribution in [0.3, 0.4) is 0 Å². The number of aromatic nitrogens is 3. The van der Waals surface area contributed by atoms with Crippen LogP contribution in [-0.2, 0) is 19.1 Å². The zero-order valence-electron chi connectivity index (χ0n) is 14.5. The largest absolute Gasteiger partial charge is 0.434 e. The SMILES string of the molecule is Cc1cccc(NC(=O)N(C)C[C@@H]2CCc3nc(C(F)(F)F)cn3C2)n1. The lowest BCUT2D eigenvalue weighted by Crippen LogP contribution is -2.38. The topological polar surface area (TPSA) is 63.1 Å². The van der Waals surface area contributed by atoms with E-state index in [9.17, 15) is 18.0 Å². The quantitative estimate of drug-likeness (QED) is 0.905. The fourth-order valence-corrected chi connectivity index (χ4v) is 3.09. The standard InChI is InChI=1S/C17H20F3N5O/c1-11-4-3-5-14(21-11)23-16(26)24(2)8-12-6-7-15-22-13(17(18,19)20)10-25(15)9-12/h3-5,10,12H,6-9H2,1-2H3,(H,21,23,26)/t12-/m0/s1. The van der Waals surface area contributed by atoms with Gasteiger partial charge in [0.1, 0.15) is 11.6 Å². The van der Waals surface area contributed by atoms with Crippen LogP contribution in [0.1, 0.15) is 23.6 Å². The summed E-state index contributed by atoms with van der Waals surface area (Å²) in [4.78, 5) is 21.7. The van der Waals surface area contributed by atoms with E-state index in [1.165, 1.54) is 4.90 Å². The van der Waals surface area contributed by atoms with Crippen molar-refractivity contribution in [2.45, 2.75) is 32.5 Å². The van der Waals surface area contributed by atoms with E-state index in [2.05, 4.69) is 15.3 Å². The molecule has 0 saturated heterocycles. The van der Waals surface area contributed by atoms with Crippen molar-refractivity contribution in [1.29, 1.82) is 0 Å². The van der Waals surface area contributed by atoms with Gasteiger partial charge in [0.25, 0.3) is 0 Å². The molecule has 0 saturated carbocycles. The third-order valence-electron chi connectivity index (χ3n) is 4.38. The summed E-state index contributed by atoms with van der Waals surface area (Å²) in [6.45, 7) is 2.69. The van der Waals surface area contributed by atoms with Gasteiger partial charge in [-0.15, -0.1) is 0 Å². The minimum absolute atomic E-state index is 0.0685. The maximum Gasteiger partial charge on any atom is 0.434 e. The Bertz CT molecular complexity index is 802. The fraction of sp³-hybridized carbons (Fsp3) is 0.471. The molecule has 1 aliphatic heterocycles. The first-order valence-electron chi connectivity index (χ1n) is 8.31. The summed E-state index contributed by atoms with van der Waals surface area (Å²) in [6.07, 6.45) is -2.22. The minimum atomic E-state index is -4.43. The van der Waals surface area contributed by atoms with Crippen LogP contribution < -0.4 is 5.32 Å². The van der Waals surface area contributed by atoms with Crippen LogP contribution in [0.25, 0.3) is 0 Å². The number of anilines is 1. The molecule has 2 aromatic heterocycles. The maximum atomic E-state index is 12.8. The highest BCUT2D eigenvalue weighted by Gasteiger charge is 2.36. The van der Waals surface area contributed by atoms with Gasteiger partial charge in [-0.2, -0.15) is 13.2 Å². The zero-order valence-corrected chi connectivity index (χ0v) is 14.5. The van der Waals surface area contributed by atoms with Crippen LogP contribution in [0.5, 0.6) is 0 Å². The van der Waals surface area contributed by atoms with Gasteiger partial charge in [0, 0.05) is 38.4 Å². The highest BCUT2D eigenvalue weighted by Crippen LogP contribution is 2.30. The van der Waals surface area contributed by atoms with Gasteiger partial charge in [0.05, 0.1) is 0 Å². The van der Waals surface area contributed by atoms with Crippen molar-refractivity contribution in [3.05, 3.63) is 41.6 Å². The molecule has 0 fully saturated rings. The first kappa shape index (κ1) is 18.2. The summed E-state index contributed by atoms with van der Waals surface area (Å²) in [5.41, 5.74) is -0.0596. The molecule has 2 aromatic rings. The van der Waals surface area contributed by atoms with Crippen LogP contribution in [-0.4, -0.2) is 39.1 Å². The molecule has 26 heavy (non-hydrogen) atoms. The molecule has 9 heteroatoms. The number of urea groups is 1. The first-order valence-corrected chi connectivity index (χ1v) is 8.31. The van der Waals surface area contributed by atoms with E-state index in [0.29, 0.717) is 37.6 Å². The third-order valence-corrected chi connectivity index (χ3v) is 4.38. The highest BCUT2D eigenvalue weighted by atomic mass is 19.4. The number of nitrogens with zero attached hydrogens (tertiary/aromatic N) is 4. The monoisotopic (exact) mass is 367 g/mol. The smallest absolute Gasteiger partial charge is 0.334 e. The number of nitrogens with one attached hydrogen (secondary N) is 1. The number of carbonyl (C=O) groups is 1. The van der Waals surface area contributed by atoms with E-state index in [0.717, 1.165) is 11.9 Å². The number of amides is 2. The second kappa shape index (κ2) is 6.97. The minimum Gasteiger partial charge on any atom is -0.334 e. The number of alkyl halides is 3. The van der Waals surface area contributed by atoms with Crippen molar-refractivity contribution in [3.8, 4) is 0 Å². The number of carbonyl (C=O) groups excluding carboxylic acids is 1. The van der Waals surface area contributed by atoms with E-state index >= 15 is 0 Å². The molecule has 140 valence electrons. The lowest BCUT2D eigenvalue weighted by Gasteiger charge is -2.28. The van der Waals surface area contributed by atoms with Gasteiger partial charge in [-0.25, -0.2) is 14.8 Å². The normalized spacial score (nSPS) is 16.9. The summed E-state index contributed by atoms with van der Waals surface area (Å²) < 4.78 is 39.9. The number of aryl methyl sites for hydroxylation is 2. The number of halogens is 3. The molecule has 0 radical (unpaired) electrons. The van der Waals surface area contributed by atoms with E-state index in [4.69, 9.17) is 0 Å². The van der Waals surface area contributed by atoms with E-state index in [1.807, 2.05) is 13.0 Å². The lowest BCUT2D eigenvalue weighted by atomic mass is 9.99. The molecule has 0 aromatic carbocycles. The summed E-state index contributed by atoms with van der Waals surface area (Å²) in [6, 6.07) is 5.04. The Morgan fingerprint density at radius 1 is 1.38 bits per heavy atom. The van der Waals surface area contributed by atoms with Crippen molar-refractivity contribution in [2.24, 2.45) is 5.92 Å². The number of hydrogen-bond donors (Lipinski definition) is 1. The van der Waals surface area contributed by atoms with Gasteiger partial charge in [0.15, 0.2) is 5.69 Å². The number of pyridine rings is 1. The molecular formula is C17H20F3N5O. The summed E-state index contributed by atoms with van der Waals surface area (Å²) >= 11 is 0. The van der Waals surface area contributed by atoms with Crippen molar-refractivity contribution >= 4 is 11.8 Å². The molecule has 1 atom stereocenters. The van der Waals surface area contributed by atoms with Crippen molar-refractivity contribution in [1.82, 2.24) is 19.4 Å². The second-order valence-electron chi connectivity index (χ2n) is 6.57. The molecule has 3 heterocycles. The molecule has 2 amide bonds. The number of hydrogen-bond acceptors (Lipinski definition) is 3.